The summed E-state index contributed by atoms with van der Waals surface area (Å²) in [6, 6.07) is 16.1. The molecule has 1 unspecified atom stereocenters. The van der Waals surface area contributed by atoms with Crippen molar-refractivity contribution in [3.05, 3.63) is 77.2 Å². The summed E-state index contributed by atoms with van der Waals surface area (Å²) in [5.74, 6) is -0.0216. The summed E-state index contributed by atoms with van der Waals surface area (Å²) in [6.45, 7) is 4.58. The second kappa shape index (κ2) is 13.1. The van der Waals surface area contributed by atoms with Crippen LogP contribution in [0.15, 0.2) is 54.7 Å². The first-order valence-corrected chi connectivity index (χ1v) is 17.9. The van der Waals surface area contributed by atoms with Crippen molar-refractivity contribution in [3.63, 3.8) is 0 Å². The van der Waals surface area contributed by atoms with Gasteiger partial charge >= 0.3 is 0 Å². The molecule has 3 amide bonds. The Bertz CT molecular complexity index is 2010. The second-order valence-electron chi connectivity index (χ2n) is 14.5. The Hall–Kier alpha value is -5.30. The van der Waals surface area contributed by atoms with Crippen molar-refractivity contribution >= 4 is 40.6 Å². The van der Waals surface area contributed by atoms with Crippen molar-refractivity contribution in [3.8, 4) is 11.1 Å². The van der Waals surface area contributed by atoms with E-state index < -0.39 is 0 Å². The number of amides is 3. The van der Waals surface area contributed by atoms with Gasteiger partial charge in [0.15, 0.2) is 11.5 Å². The molecule has 3 fully saturated rings. The van der Waals surface area contributed by atoms with E-state index in [1.165, 1.54) is 5.69 Å². The highest BCUT2D eigenvalue weighted by molar-refractivity contribution is 6.01. The first kappa shape index (κ1) is 32.9. The van der Waals surface area contributed by atoms with E-state index in [0.717, 1.165) is 78.8 Å². The molecule has 2 aromatic carbocycles. The van der Waals surface area contributed by atoms with Crippen molar-refractivity contribution in [2.24, 2.45) is 5.92 Å². The van der Waals surface area contributed by atoms with Gasteiger partial charge in [-0.3, -0.25) is 24.0 Å². The number of likely N-dealkylation sites (tertiary alicyclic amines) is 1. The van der Waals surface area contributed by atoms with E-state index in [1.54, 1.807) is 25.1 Å². The first-order chi connectivity index (χ1) is 24.7. The van der Waals surface area contributed by atoms with Gasteiger partial charge in [0.05, 0.1) is 41.0 Å². The van der Waals surface area contributed by atoms with E-state index in [9.17, 15) is 14.4 Å². The zero-order chi connectivity index (χ0) is 35.4. The minimum atomic E-state index is -0.289. The molecule has 13 heteroatoms. The number of anilines is 4. The first-order valence-electron chi connectivity index (χ1n) is 17.9. The van der Waals surface area contributed by atoms with Gasteiger partial charge in [-0.05, 0) is 49.8 Å². The van der Waals surface area contributed by atoms with Crippen LogP contribution >= 0.6 is 0 Å². The molecule has 2 saturated carbocycles. The van der Waals surface area contributed by atoms with Gasteiger partial charge in [-0.25, -0.2) is 0 Å². The highest BCUT2D eigenvalue weighted by atomic mass is 16.2. The zero-order valence-electron chi connectivity index (χ0n) is 29.5. The number of aromatic nitrogens is 4. The smallest absolute Gasteiger partial charge is 0.274 e. The van der Waals surface area contributed by atoms with Crippen LogP contribution in [-0.2, 0) is 11.3 Å². The molecule has 1 atom stereocenters. The Balaban J connectivity index is 1.07. The molecule has 2 aromatic heterocycles. The third-order valence-corrected chi connectivity index (χ3v) is 10.4. The number of carbonyl (C=O) groups excluding carboxylic acids is 3. The third-order valence-electron chi connectivity index (χ3n) is 10.4. The van der Waals surface area contributed by atoms with Gasteiger partial charge < -0.3 is 25.8 Å². The van der Waals surface area contributed by atoms with Crippen molar-refractivity contribution in [2.75, 3.05) is 49.8 Å². The monoisotopic (exact) mass is 688 g/mol. The lowest BCUT2D eigenvalue weighted by molar-refractivity contribution is -0.117. The molecule has 51 heavy (non-hydrogen) atoms. The van der Waals surface area contributed by atoms with Crippen molar-refractivity contribution in [1.29, 1.82) is 0 Å². The number of carbonyl (C=O) groups is 3. The van der Waals surface area contributed by atoms with E-state index in [1.807, 2.05) is 42.6 Å². The minimum absolute atomic E-state index is 0.00964. The summed E-state index contributed by atoms with van der Waals surface area (Å²) >= 11 is 0. The van der Waals surface area contributed by atoms with Crippen LogP contribution in [0.4, 0.5) is 22.9 Å². The number of hydrogen-bond donors (Lipinski definition) is 3. The molecule has 1 saturated heterocycles. The van der Waals surface area contributed by atoms with Crippen LogP contribution in [-0.4, -0.2) is 87.8 Å². The quantitative estimate of drug-likeness (QED) is 0.199. The van der Waals surface area contributed by atoms with Crippen LogP contribution in [0.3, 0.4) is 0 Å². The fraction of sp³-hybridized carbons (Fsp3) is 0.421. The van der Waals surface area contributed by atoms with Crippen LogP contribution in [0, 0.1) is 5.92 Å². The van der Waals surface area contributed by atoms with Crippen molar-refractivity contribution in [2.45, 2.75) is 63.7 Å². The Morgan fingerprint density at radius 1 is 0.941 bits per heavy atom. The van der Waals surface area contributed by atoms with E-state index in [-0.39, 0.29) is 47.5 Å². The molecule has 264 valence electrons. The zero-order valence-corrected chi connectivity index (χ0v) is 29.5. The highest BCUT2D eigenvalue weighted by Gasteiger charge is 2.38. The molecular weight excluding hydrogens is 644 g/mol. The SMILES string of the molecule is CCC1c2c(cnn2C2CN(Cc3ccccc3C(=O)N(C)C)C2)-c2cccc(Nc3cc(NC(=O)C4CC4)nnc3C(=O)NC3CC3)c2N1C. The van der Waals surface area contributed by atoms with Crippen molar-refractivity contribution in [1.82, 2.24) is 35.1 Å². The van der Waals surface area contributed by atoms with E-state index in [2.05, 4.69) is 60.7 Å². The Kier molecular flexibility index (Phi) is 8.45. The number of nitrogens with one attached hydrogen (secondary N) is 3. The van der Waals surface area contributed by atoms with Gasteiger partial charge in [-0.2, -0.15) is 5.10 Å². The Labute approximate surface area is 297 Å². The summed E-state index contributed by atoms with van der Waals surface area (Å²) in [5, 5.41) is 22.9. The molecule has 0 bridgehead atoms. The lowest BCUT2D eigenvalue weighted by Gasteiger charge is -2.43. The van der Waals surface area contributed by atoms with Crippen LogP contribution in [0.5, 0.6) is 0 Å². The molecule has 0 spiro atoms. The van der Waals surface area contributed by atoms with Crippen LogP contribution in [0.2, 0.25) is 0 Å². The molecule has 13 nitrogen and oxygen atoms in total. The molecule has 4 heterocycles. The summed E-state index contributed by atoms with van der Waals surface area (Å²) in [7, 11) is 5.68. The average molecular weight is 689 g/mol. The second-order valence-corrected chi connectivity index (χ2v) is 14.5. The van der Waals surface area contributed by atoms with Gasteiger partial charge in [0, 0.05) is 75.5 Å². The average Bonchev–Trinajstić information content (AvgIpc) is 4.05. The lowest BCUT2D eigenvalue weighted by atomic mass is 9.91. The normalized spacial score (nSPS) is 18.4. The minimum Gasteiger partial charge on any atom is -0.364 e. The fourth-order valence-electron chi connectivity index (χ4n) is 7.34. The maximum Gasteiger partial charge on any atom is 0.274 e. The number of nitrogens with zero attached hydrogens (tertiary/aromatic N) is 7. The largest absolute Gasteiger partial charge is 0.364 e. The maximum absolute atomic E-state index is 13.3. The van der Waals surface area contributed by atoms with Crippen LogP contribution < -0.4 is 20.9 Å². The summed E-state index contributed by atoms with van der Waals surface area (Å²) in [6.07, 6.45) is 6.50. The standard InChI is InChI=1S/C38H44N10O3/c1-5-31-35-28(18-39-48(35)25-20-47(21-25)19-23-9-6-7-10-26(23)38(51)45(2)3)27-11-8-12-29(34(27)46(31)4)41-30-17-32(42-36(49)22-13-14-22)43-44-33(30)37(50)40-24-15-16-24/h6-12,17-18,22,24-25,31H,5,13-16,19-21H2,1-4H3,(H,40,50)(H2,41,42,43,49). The Morgan fingerprint density at radius 2 is 1.73 bits per heavy atom. The summed E-state index contributed by atoms with van der Waals surface area (Å²) in [4.78, 5) is 44.9. The van der Waals surface area contributed by atoms with E-state index >= 15 is 0 Å². The van der Waals surface area contributed by atoms with Crippen LogP contribution in [0.1, 0.15) is 83.2 Å². The van der Waals surface area contributed by atoms with Gasteiger partial charge in [0.25, 0.3) is 11.8 Å². The predicted molar refractivity (Wildman–Crippen MR) is 195 cm³/mol. The fourth-order valence-corrected chi connectivity index (χ4v) is 7.34. The van der Waals surface area contributed by atoms with Gasteiger partial charge in [0.2, 0.25) is 5.91 Å². The number of benzene rings is 2. The summed E-state index contributed by atoms with van der Waals surface area (Å²) in [5.41, 5.74) is 7.60. The third kappa shape index (κ3) is 6.30. The number of rotatable bonds is 11. The maximum atomic E-state index is 13.3. The highest BCUT2D eigenvalue weighted by Crippen LogP contribution is 2.50. The van der Waals surface area contributed by atoms with E-state index in [0.29, 0.717) is 18.1 Å². The molecule has 2 aliphatic heterocycles. The van der Waals surface area contributed by atoms with E-state index in [4.69, 9.17) is 5.10 Å². The molecular formula is C38H44N10O3. The van der Waals surface area contributed by atoms with Crippen molar-refractivity contribution < 1.29 is 14.4 Å². The molecule has 4 aromatic rings. The Morgan fingerprint density at radius 3 is 2.45 bits per heavy atom. The lowest BCUT2D eigenvalue weighted by Crippen LogP contribution is -2.48. The molecule has 4 aliphatic rings. The van der Waals surface area contributed by atoms with Crippen LogP contribution in [0.25, 0.3) is 11.1 Å². The predicted octanol–water partition coefficient (Wildman–Crippen LogP) is 4.98. The molecule has 0 radical (unpaired) electrons. The number of fused-ring (bicyclic) bond motifs is 3. The number of para-hydroxylation sites is 1. The van der Waals surface area contributed by atoms with Gasteiger partial charge in [0.1, 0.15) is 0 Å². The molecule has 2 aliphatic carbocycles. The number of hydrogen-bond acceptors (Lipinski definition) is 9. The molecule has 3 N–H and O–H groups in total. The van der Waals surface area contributed by atoms with Gasteiger partial charge in [-0.1, -0.05) is 37.3 Å². The van der Waals surface area contributed by atoms with Gasteiger partial charge in [-0.15, -0.1) is 10.2 Å². The molecule has 8 rings (SSSR count). The summed E-state index contributed by atoms with van der Waals surface area (Å²) < 4.78 is 2.21. The topological polar surface area (TPSA) is 141 Å².